The number of dihydropyridines is 1. The molecule has 0 aliphatic carbocycles. The average molecular weight is 275 g/mol. The van der Waals surface area contributed by atoms with Crippen LogP contribution in [0.4, 0.5) is 0 Å². The molecular formula is C17H25NO2. The van der Waals surface area contributed by atoms with Gasteiger partial charge in [0.25, 0.3) is 0 Å². The minimum Gasteiger partial charge on any atom is -0.466 e. The Hall–Kier alpha value is -1.77. The Morgan fingerprint density at radius 3 is 2.40 bits per heavy atom. The van der Waals surface area contributed by atoms with Crippen LogP contribution in [0.2, 0.25) is 0 Å². The van der Waals surface area contributed by atoms with Crippen molar-refractivity contribution < 1.29 is 9.53 Å². The number of esters is 1. The second-order valence-corrected chi connectivity index (χ2v) is 5.26. The van der Waals surface area contributed by atoms with Gasteiger partial charge in [0, 0.05) is 17.3 Å². The van der Waals surface area contributed by atoms with Crippen molar-refractivity contribution in [3.05, 3.63) is 45.8 Å². The maximum atomic E-state index is 12.1. The summed E-state index contributed by atoms with van der Waals surface area (Å²) in [6.07, 6.45) is 4.17. The van der Waals surface area contributed by atoms with Gasteiger partial charge in [0.05, 0.1) is 12.7 Å². The summed E-state index contributed by atoms with van der Waals surface area (Å²) in [5, 5.41) is 3.21. The topological polar surface area (TPSA) is 38.3 Å². The first-order valence-electron chi connectivity index (χ1n) is 6.88. The highest BCUT2D eigenvalue weighted by molar-refractivity contribution is 5.91. The average Bonchev–Trinajstić information content (AvgIpc) is 2.43. The molecule has 1 aliphatic rings. The molecule has 0 saturated heterocycles. The standard InChI is InChI=1S/C17H25NO2/c1-8-10(2)12(4)13(5)15-9-11(3)18-14(6)16(15)17(19)20-7/h8-9,15,18H,1-7H3/b10-8-,13-12+. The molecule has 110 valence electrons. The lowest BCUT2D eigenvalue weighted by molar-refractivity contribution is -0.136. The second kappa shape index (κ2) is 6.60. The number of carbonyl (C=O) groups is 1. The van der Waals surface area contributed by atoms with Crippen LogP contribution < -0.4 is 5.32 Å². The number of hydrogen-bond acceptors (Lipinski definition) is 3. The predicted molar refractivity (Wildman–Crippen MR) is 82.9 cm³/mol. The fraction of sp³-hybridized carbons (Fsp3) is 0.471. The van der Waals surface area contributed by atoms with E-state index in [9.17, 15) is 4.79 Å². The Kier molecular flexibility index (Phi) is 5.37. The monoisotopic (exact) mass is 275 g/mol. The predicted octanol–water partition coefficient (Wildman–Crippen LogP) is 3.86. The number of allylic oxidation sites excluding steroid dienone is 7. The van der Waals surface area contributed by atoms with Crippen LogP contribution in [0.15, 0.2) is 45.8 Å². The quantitative estimate of drug-likeness (QED) is 0.628. The third-order valence-electron chi connectivity index (χ3n) is 4.00. The Morgan fingerprint density at radius 1 is 1.30 bits per heavy atom. The highest BCUT2D eigenvalue weighted by atomic mass is 16.5. The molecule has 1 atom stereocenters. The maximum Gasteiger partial charge on any atom is 0.336 e. The van der Waals surface area contributed by atoms with Gasteiger partial charge in [0.2, 0.25) is 0 Å². The van der Waals surface area contributed by atoms with Gasteiger partial charge in [-0.2, -0.15) is 0 Å². The molecule has 0 saturated carbocycles. The molecule has 0 radical (unpaired) electrons. The first-order valence-corrected chi connectivity index (χ1v) is 6.88. The van der Waals surface area contributed by atoms with Crippen LogP contribution in [0.1, 0.15) is 41.5 Å². The van der Waals surface area contributed by atoms with Gasteiger partial charge in [-0.3, -0.25) is 0 Å². The summed E-state index contributed by atoms with van der Waals surface area (Å²) < 4.78 is 4.94. The summed E-state index contributed by atoms with van der Waals surface area (Å²) in [7, 11) is 1.42. The number of hydrogen-bond donors (Lipinski definition) is 1. The van der Waals surface area contributed by atoms with Crippen LogP contribution in [-0.4, -0.2) is 13.1 Å². The van der Waals surface area contributed by atoms with E-state index in [4.69, 9.17) is 4.74 Å². The molecule has 0 bridgehead atoms. The lowest BCUT2D eigenvalue weighted by Crippen LogP contribution is -2.27. The van der Waals surface area contributed by atoms with E-state index in [1.807, 2.05) is 20.8 Å². The Morgan fingerprint density at radius 2 is 1.90 bits per heavy atom. The summed E-state index contributed by atoms with van der Waals surface area (Å²) in [5.74, 6) is -0.298. The Balaban J connectivity index is 3.38. The van der Waals surface area contributed by atoms with E-state index >= 15 is 0 Å². The zero-order valence-corrected chi connectivity index (χ0v) is 13.5. The number of carbonyl (C=O) groups excluding carboxylic acids is 1. The molecule has 3 nitrogen and oxygen atoms in total. The largest absolute Gasteiger partial charge is 0.466 e. The van der Waals surface area contributed by atoms with E-state index < -0.39 is 0 Å². The first-order chi connectivity index (χ1) is 9.33. The lowest BCUT2D eigenvalue weighted by atomic mass is 9.84. The summed E-state index contributed by atoms with van der Waals surface area (Å²) in [6.45, 7) is 12.2. The first kappa shape index (κ1) is 16.3. The highest BCUT2D eigenvalue weighted by Crippen LogP contribution is 2.32. The zero-order valence-electron chi connectivity index (χ0n) is 13.5. The normalized spacial score (nSPS) is 21.1. The Labute approximate surface area is 122 Å². The van der Waals surface area contributed by atoms with Gasteiger partial charge >= 0.3 is 5.97 Å². The fourth-order valence-corrected chi connectivity index (χ4v) is 2.46. The fourth-order valence-electron chi connectivity index (χ4n) is 2.46. The van der Waals surface area contributed by atoms with Crippen molar-refractivity contribution in [3.8, 4) is 0 Å². The molecule has 3 heteroatoms. The van der Waals surface area contributed by atoms with Gasteiger partial charge < -0.3 is 10.1 Å². The van der Waals surface area contributed by atoms with E-state index in [0.29, 0.717) is 5.57 Å². The van der Waals surface area contributed by atoms with Crippen molar-refractivity contribution >= 4 is 5.97 Å². The molecule has 0 aromatic heterocycles. The molecule has 0 fully saturated rings. The van der Waals surface area contributed by atoms with Crippen LogP contribution in [-0.2, 0) is 9.53 Å². The summed E-state index contributed by atoms with van der Waals surface area (Å²) in [4.78, 5) is 12.1. The van der Waals surface area contributed by atoms with E-state index in [1.54, 1.807) is 0 Å². The van der Waals surface area contributed by atoms with Gasteiger partial charge in [0.15, 0.2) is 0 Å². The minimum absolute atomic E-state index is 0.0291. The molecular weight excluding hydrogens is 250 g/mol. The van der Waals surface area contributed by atoms with Crippen molar-refractivity contribution in [1.82, 2.24) is 5.32 Å². The number of nitrogens with one attached hydrogen (secondary N) is 1. The van der Waals surface area contributed by atoms with Crippen molar-refractivity contribution in [1.29, 1.82) is 0 Å². The van der Waals surface area contributed by atoms with Crippen LogP contribution in [0, 0.1) is 5.92 Å². The highest BCUT2D eigenvalue weighted by Gasteiger charge is 2.28. The third-order valence-corrected chi connectivity index (χ3v) is 4.00. The van der Waals surface area contributed by atoms with Crippen molar-refractivity contribution in [2.24, 2.45) is 5.92 Å². The molecule has 1 heterocycles. The van der Waals surface area contributed by atoms with E-state index in [-0.39, 0.29) is 11.9 Å². The van der Waals surface area contributed by atoms with Gasteiger partial charge in [-0.05, 0) is 47.1 Å². The molecule has 1 N–H and O–H groups in total. The van der Waals surface area contributed by atoms with E-state index in [1.165, 1.54) is 23.8 Å². The summed E-state index contributed by atoms with van der Waals surface area (Å²) >= 11 is 0. The van der Waals surface area contributed by atoms with E-state index in [2.05, 4.69) is 38.2 Å². The minimum atomic E-state index is -0.269. The molecule has 1 unspecified atom stereocenters. The van der Waals surface area contributed by atoms with Gasteiger partial charge in [-0.15, -0.1) is 0 Å². The van der Waals surface area contributed by atoms with Crippen LogP contribution in [0.5, 0.6) is 0 Å². The zero-order chi connectivity index (χ0) is 15.4. The summed E-state index contributed by atoms with van der Waals surface area (Å²) in [5.41, 5.74) is 6.25. The van der Waals surface area contributed by atoms with Crippen LogP contribution >= 0.6 is 0 Å². The lowest BCUT2D eigenvalue weighted by Gasteiger charge is -2.27. The van der Waals surface area contributed by atoms with E-state index in [0.717, 1.165) is 11.4 Å². The molecule has 0 amide bonds. The molecule has 1 rings (SSSR count). The second-order valence-electron chi connectivity index (χ2n) is 5.26. The van der Waals surface area contributed by atoms with Crippen molar-refractivity contribution in [2.75, 3.05) is 7.11 Å². The van der Waals surface area contributed by atoms with Gasteiger partial charge in [-0.25, -0.2) is 4.79 Å². The van der Waals surface area contributed by atoms with Gasteiger partial charge in [0.1, 0.15) is 0 Å². The molecule has 0 spiro atoms. The summed E-state index contributed by atoms with van der Waals surface area (Å²) in [6, 6.07) is 0. The van der Waals surface area contributed by atoms with Crippen molar-refractivity contribution in [2.45, 2.75) is 41.5 Å². The molecule has 0 aromatic rings. The van der Waals surface area contributed by atoms with Crippen LogP contribution in [0.3, 0.4) is 0 Å². The third kappa shape index (κ3) is 3.21. The maximum absolute atomic E-state index is 12.1. The SMILES string of the molecule is C/C=C(C)\C(C)=C(/C)C1C=C(C)NC(C)=C1C(=O)OC. The molecule has 1 aliphatic heterocycles. The van der Waals surface area contributed by atoms with Crippen molar-refractivity contribution in [3.63, 3.8) is 0 Å². The van der Waals surface area contributed by atoms with Crippen LogP contribution in [0.25, 0.3) is 0 Å². The number of ether oxygens (including phenoxy) is 1. The molecule has 0 aromatic carbocycles. The van der Waals surface area contributed by atoms with Gasteiger partial charge in [-0.1, -0.05) is 23.3 Å². The molecule has 20 heavy (non-hydrogen) atoms. The number of rotatable bonds is 3. The Bertz CT molecular complexity index is 533. The smallest absolute Gasteiger partial charge is 0.336 e. The number of methoxy groups -OCH3 is 1.